The lowest BCUT2D eigenvalue weighted by Crippen LogP contribution is -2.48. The highest BCUT2D eigenvalue weighted by Gasteiger charge is 2.32. The molecule has 1 fully saturated rings. The van der Waals surface area contributed by atoms with Gasteiger partial charge in [-0.25, -0.2) is 0 Å². The standard InChI is InChI=1S/C25H30Cl2N2O2/c1-18-7-13-22(14-8-18)28-25(31)24(20-9-11-21(27)12-10-20)29(23(30)17-26)16-15-19-5-3-2-4-6-19/h2-6,9-12,18,22,24H,7-8,13-17H2,1H3,(H,28,31)/t18?,22?,24-/m1/s1. The number of rotatable bonds is 8. The number of alkyl halides is 1. The third-order valence-corrected chi connectivity index (χ3v) is 6.51. The average molecular weight is 461 g/mol. The topological polar surface area (TPSA) is 49.4 Å². The molecule has 2 aromatic rings. The van der Waals surface area contributed by atoms with Gasteiger partial charge in [-0.15, -0.1) is 11.6 Å². The Morgan fingerprint density at radius 3 is 2.29 bits per heavy atom. The molecule has 2 aromatic carbocycles. The van der Waals surface area contributed by atoms with Gasteiger partial charge in [0.05, 0.1) is 0 Å². The molecule has 0 spiro atoms. The summed E-state index contributed by atoms with van der Waals surface area (Å²) in [7, 11) is 0. The van der Waals surface area contributed by atoms with Crippen molar-refractivity contribution in [2.24, 2.45) is 5.92 Å². The van der Waals surface area contributed by atoms with Gasteiger partial charge in [-0.05, 0) is 61.3 Å². The maximum absolute atomic E-state index is 13.5. The van der Waals surface area contributed by atoms with Gasteiger partial charge in [-0.3, -0.25) is 9.59 Å². The molecule has 0 aromatic heterocycles. The van der Waals surface area contributed by atoms with Crippen LogP contribution >= 0.6 is 23.2 Å². The Morgan fingerprint density at radius 2 is 1.68 bits per heavy atom. The highest BCUT2D eigenvalue weighted by Crippen LogP contribution is 2.27. The first kappa shape index (κ1) is 23.6. The van der Waals surface area contributed by atoms with Gasteiger partial charge in [0.25, 0.3) is 0 Å². The van der Waals surface area contributed by atoms with E-state index in [-0.39, 0.29) is 23.7 Å². The van der Waals surface area contributed by atoms with Crippen LogP contribution in [0.1, 0.15) is 49.8 Å². The largest absolute Gasteiger partial charge is 0.351 e. The number of benzene rings is 2. The molecule has 166 valence electrons. The smallest absolute Gasteiger partial charge is 0.247 e. The van der Waals surface area contributed by atoms with Crippen molar-refractivity contribution in [3.05, 3.63) is 70.7 Å². The van der Waals surface area contributed by atoms with Crippen molar-refractivity contribution in [3.63, 3.8) is 0 Å². The molecule has 3 rings (SSSR count). The molecule has 31 heavy (non-hydrogen) atoms. The zero-order valence-electron chi connectivity index (χ0n) is 17.9. The summed E-state index contributed by atoms with van der Waals surface area (Å²) in [5, 5.41) is 3.79. The minimum absolute atomic E-state index is 0.139. The van der Waals surface area contributed by atoms with E-state index in [2.05, 4.69) is 12.2 Å². The van der Waals surface area contributed by atoms with Crippen molar-refractivity contribution < 1.29 is 9.59 Å². The molecular formula is C25H30Cl2N2O2. The van der Waals surface area contributed by atoms with Crippen molar-refractivity contribution in [2.45, 2.75) is 51.1 Å². The van der Waals surface area contributed by atoms with Crippen LogP contribution in [0.2, 0.25) is 5.02 Å². The second-order valence-electron chi connectivity index (χ2n) is 8.38. The van der Waals surface area contributed by atoms with Gasteiger partial charge in [-0.1, -0.05) is 61.0 Å². The van der Waals surface area contributed by atoms with Crippen molar-refractivity contribution in [1.29, 1.82) is 0 Å². The molecule has 0 aliphatic heterocycles. The first-order chi connectivity index (χ1) is 15.0. The summed E-state index contributed by atoms with van der Waals surface area (Å²) < 4.78 is 0. The number of carbonyl (C=O) groups excluding carboxylic acids is 2. The van der Waals surface area contributed by atoms with E-state index in [0.29, 0.717) is 23.9 Å². The highest BCUT2D eigenvalue weighted by molar-refractivity contribution is 6.30. The number of nitrogens with one attached hydrogen (secondary N) is 1. The number of carbonyl (C=O) groups is 2. The Morgan fingerprint density at radius 1 is 1.03 bits per heavy atom. The maximum atomic E-state index is 13.5. The monoisotopic (exact) mass is 460 g/mol. The summed E-state index contributed by atoms with van der Waals surface area (Å²) in [6.07, 6.45) is 4.78. The van der Waals surface area contributed by atoms with Gasteiger partial charge in [0, 0.05) is 17.6 Å². The van der Waals surface area contributed by atoms with E-state index in [1.807, 2.05) is 42.5 Å². The minimum atomic E-state index is -0.744. The molecule has 6 heteroatoms. The summed E-state index contributed by atoms with van der Waals surface area (Å²) >= 11 is 12.0. The molecule has 4 nitrogen and oxygen atoms in total. The van der Waals surface area contributed by atoms with Gasteiger partial charge in [0.2, 0.25) is 11.8 Å². The van der Waals surface area contributed by atoms with Crippen LogP contribution in [-0.4, -0.2) is 35.2 Å². The fraction of sp³-hybridized carbons (Fsp3) is 0.440. The molecule has 1 aliphatic carbocycles. The fourth-order valence-electron chi connectivity index (χ4n) is 4.17. The average Bonchev–Trinajstić information content (AvgIpc) is 2.79. The third-order valence-electron chi connectivity index (χ3n) is 6.03. The Balaban J connectivity index is 1.84. The van der Waals surface area contributed by atoms with E-state index in [9.17, 15) is 9.59 Å². The van der Waals surface area contributed by atoms with Crippen molar-refractivity contribution in [2.75, 3.05) is 12.4 Å². The Kier molecular flexibility index (Phi) is 8.79. The highest BCUT2D eigenvalue weighted by atomic mass is 35.5. The fourth-order valence-corrected chi connectivity index (χ4v) is 4.45. The van der Waals surface area contributed by atoms with E-state index in [0.717, 1.165) is 36.8 Å². The van der Waals surface area contributed by atoms with Gasteiger partial charge in [0.15, 0.2) is 0 Å². The van der Waals surface area contributed by atoms with E-state index in [1.165, 1.54) is 0 Å². The first-order valence-electron chi connectivity index (χ1n) is 10.9. The van der Waals surface area contributed by atoms with Gasteiger partial charge in [-0.2, -0.15) is 0 Å². The molecule has 1 saturated carbocycles. The van der Waals surface area contributed by atoms with Gasteiger partial charge in [0.1, 0.15) is 11.9 Å². The number of hydrogen-bond acceptors (Lipinski definition) is 2. The normalized spacial score (nSPS) is 19.5. The lowest BCUT2D eigenvalue weighted by molar-refractivity contribution is -0.139. The van der Waals surface area contributed by atoms with Gasteiger partial charge >= 0.3 is 0 Å². The zero-order valence-corrected chi connectivity index (χ0v) is 19.4. The molecule has 0 unspecified atom stereocenters. The second kappa shape index (κ2) is 11.5. The van der Waals surface area contributed by atoms with Crippen LogP contribution in [0.3, 0.4) is 0 Å². The minimum Gasteiger partial charge on any atom is -0.351 e. The second-order valence-corrected chi connectivity index (χ2v) is 9.08. The number of hydrogen-bond donors (Lipinski definition) is 1. The number of halogens is 2. The van der Waals surface area contributed by atoms with Crippen molar-refractivity contribution >= 4 is 35.0 Å². The SMILES string of the molecule is CC1CCC(NC(=O)[C@@H](c2ccc(Cl)cc2)N(CCc2ccccc2)C(=O)CCl)CC1. The van der Waals surface area contributed by atoms with Crippen LogP contribution in [-0.2, 0) is 16.0 Å². The number of amides is 2. The van der Waals surface area contributed by atoms with Crippen molar-refractivity contribution in [1.82, 2.24) is 10.2 Å². The van der Waals surface area contributed by atoms with Crippen LogP contribution < -0.4 is 5.32 Å². The summed E-state index contributed by atoms with van der Waals surface area (Å²) in [4.78, 5) is 27.9. The van der Waals surface area contributed by atoms with E-state index >= 15 is 0 Å². The Hall–Kier alpha value is -2.04. The quantitative estimate of drug-likeness (QED) is 0.537. The predicted molar refractivity (Wildman–Crippen MR) is 126 cm³/mol. The molecule has 0 bridgehead atoms. The summed E-state index contributed by atoms with van der Waals surface area (Å²) in [5.74, 6) is 0.103. The molecular weight excluding hydrogens is 431 g/mol. The molecule has 0 heterocycles. The summed E-state index contributed by atoms with van der Waals surface area (Å²) in [6, 6.07) is 16.5. The molecule has 0 radical (unpaired) electrons. The van der Waals surface area contributed by atoms with E-state index < -0.39 is 6.04 Å². The summed E-state index contributed by atoms with van der Waals surface area (Å²) in [6.45, 7) is 2.65. The molecule has 1 aliphatic rings. The van der Waals surface area contributed by atoms with Crippen LogP contribution in [0.4, 0.5) is 0 Å². The number of nitrogens with zero attached hydrogens (tertiary/aromatic N) is 1. The van der Waals surface area contributed by atoms with Crippen LogP contribution in [0.15, 0.2) is 54.6 Å². The van der Waals surface area contributed by atoms with Crippen molar-refractivity contribution in [3.8, 4) is 0 Å². The maximum Gasteiger partial charge on any atom is 0.247 e. The van der Waals surface area contributed by atoms with Crippen LogP contribution in [0.5, 0.6) is 0 Å². The Labute approximate surface area is 194 Å². The predicted octanol–water partition coefficient (Wildman–Crippen LogP) is 5.39. The van der Waals surface area contributed by atoms with Crippen LogP contribution in [0.25, 0.3) is 0 Å². The Bertz CT molecular complexity index is 850. The molecule has 2 amide bonds. The first-order valence-corrected chi connectivity index (χ1v) is 11.8. The molecule has 1 atom stereocenters. The van der Waals surface area contributed by atoms with E-state index in [1.54, 1.807) is 17.0 Å². The lowest BCUT2D eigenvalue weighted by Gasteiger charge is -2.34. The lowest BCUT2D eigenvalue weighted by atomic mass is 9.87. The summed E-state index contributed by atoms with van der Waals surface area (Å²) in [5.41, 5.74) is 1.84. The van der Waals surface area contributed by atoms with Crippen LogP contribution in [0, 0.1) is 5.92 Å². The van der Waals surface area contributed by atoms with Gasteiger partial charge < -0.3 is 10.2 Å². The van der Waals surface area contributed by atoms with E-state index in [4.69, 9.17) is 23.2 Å². The zero-order chi connectivity index (χ0) is 22.2. The molecule has 0 saturated heterocycles. The molecule has 1 N–H and O–H groups in total. The third kappa shape index (κ3) is 6.72.